The highest BCUT2D eigenvalue weighted by Crippen LogP contribution is 2.18. The van der Waals surface area contributed by atoms with Crippen molar-refractivity contribution in [1.82, 2.24) is 5.32 Å². The predicted octanol–water partition coefficient (Wildman–Crippen LogP) is 1.76. The predicted molar refractivity (Wildman–Crippen MR) is 79.7 cm³/mol. The maximum absolute atomic E-state index is 12.0. The Balaban J connectivity index is 2.25. The molecule has 1 rings (SSSR count). The van der Waals surface area contributed by atoms with Crippen LogP contribution in [-0.4, -0.2) is 35.2 Å². The van der Waals surface area contributed by atoms with Crippen LogP contribution in [-0.2, 0) is 14.4 Å². The highest BCUT2D eigenvalue weighted by Gasteiger charge is 2.44. The molecule has 1 heterocycles. The first-order valence-electron chi connectivity index (χ1n) is 8.09. The Kier molecular flexibility index (Phi) is 8.20. The van der Waals surface area contributed by atoms with Crippen molar-refractivity contribution >= 4 is 17.5 Å². The summed E-state index contributed by atoms with van der Waals surface area (Å²) in [6.07, 6.45) is 8.18. The number of aliphatic hydroxyl groups is 1. The van der Waals surface area contributed by atoms with Gasteiger partial charge in [-0.1, -0.05) is 45.4 Å². The van der Waals surface area contributed by atoms with Crippen LogP contribution in [0.15, 0.2) is 0 Å². The van der Waals surface area contributed by atoms with E-state index < -0.39 is 17.9 Å². The molecule has 0 aromatic rings. The molecule has 1 amide bonds. The lowest BCUT2D eigenvalue weighted by Gasteiger charge is -2.06. The van der Waals surface area contributed by atoms with Gasteiger partial charge in [0.15, 0.2) is 17.5 Å². The fourth-order valence-corrected chi connectivity index (χ4v) is 2.71. The first-order valence-corrected chi connectivity index (χ1v) is 8.09. The average molecular weight is 297 g/mol. The minimum absolute atomic E-state index is 0.171. The summed E-state index contributed by atoms with van der Waals surface area (Å²) >= 11 is 0. The van der Waals surface area contributed by atoms with Crippen molar-refractivity contribution in [3.63, 3.8) is 0 Å². The highest BCUT2D eigenvalue weighted by molar-refractivity contribution is 6.24. The standard InChI is InChI=1S/C16H27NO4/c1-2-3-4-5-6-7-8-9-13(19)14-15(20)12(10-11-18)17-16(14)21/h12,14,18H,2-11H2,1H3,(H,17,21). The molecule has 2 N–H and O–H groups in total. The van der Waals surface area contributed by atoms with Crippen LogP contribution >= 0.6 is 0 Å². The van der Waals surface area contributed by atoms with Crippen LogP contribution in [0.4, 0.5) is 0 Å². The van der Waals surface area contributed by atoms with Gasteiger partial charge in [-0.3, -0.25) is 14.4 Å². The third kappa shape index (κ3) is 5.58. The van der Waals surface area contributed by atoms with E-state index in [1.807, 2.05) is 0 Å². The molecule has 120 valence electrons. The number of carbonyl (C=O) groups excluding carboxylic acids is 3. The second-order valence-electron chi connectivity index (χ2n) is 5.75. The SMILES string of the molecule is CCCCCCCCCC(=O)C1C(=O)NC(CCO)C1=O. The number of Topliss-reactive ketones (excluding diaryl/α,β-unsaturated/α-hetero) is 2. The number of rotatable bonds is 11. The van der Waals surface area contributed by atoms with Gasteiger partial charge in [0.2, 0.25) is 5.91 Å². The van der Waals surface area contributed by atoms with Gasteiger partial charge in [-0.2, -0.15) is 0 Å². The van der Waals surface area contributed by atoms with Gasteiger partial charge in [0, 0.05) is 13.0 Å². The molecule has 1 aliphatic heterocycles. The maximum Gasteiger partial charge on any atom is 0.238 e. The van der Waals surface area contributed by atoms with Crippen LogP contribution in [0.5, 0.6) is 0 Å². The fourth-order valence-electron chi connectivity index (χ4n) is 2.71. The zero-order valence-electron chi connectivity index (χ0n) is 12.9. The van der Waals surface area contributed by atoms with Gasteiger partial charge in [-0.15, -0.1) is 0 Å². The van der Waals surface area contributed by atoms with Crippen molar-refractivity contribution in [3.8, 4) is 0 Å². The van der Waals surface area contributed by atoms with Crippen molar-refractivity contribution < 1.29 is 19.5 Å². The molecule has 1 saturated heterocycles. The lowest BCUT2D eigenvalue weighted by molar-refractivity contribution is -0.136. The first-order chi connectivity index (χ1) is 10.1. The van der Waals surface area contributed by atoms with Crippen LogP contribution in [0.2, 0.25) is 0 Å². The summed E-state index contributed by atoms with van der Waals surface area (Å²) in [5, 5.41) is 11.3. The van der Waals surface area contributed by atoms with Crippen molar-refractivity contribution in [2.45, 2.75) is 70.8 Å². The van der Waals surface area contributed by atoms with Gasteiger partial charge in [0.05, 0.1) is 6.04 Å². The Morgan fingerprint density at radius 3 is 2.33 bits per heavy atom. The molecule has 1 fully saturated rings. The van der Waals surface area contributed by atoms with E-state index in [0.717, 1.165) is 19.3 Å². The lowest BCUT2D eigenvalue weighted by Crippen LogP contribution is -2.29. The number of amides is 1. The summed E-state index contributed by atoms with van der Waals surface area (Å²) in [5.74, 6) is -2.28. The van der Waals surface area contributed by atoms with E-state index in [-0.39, 0.29) is 24.6 Å². The smallest absolute Gasteiger partial charge is 0.238 e. The number of aliphatic hydroxyl groups excluding tert-OH is 1. The van der Waals surface area contributed by atoms with E-state index in [1.54, 1.807) is 0 Å². The molecule has 0 saturated carbocycles. The van der Waals surface area contributed by atoms with Crippen LogP contribution in [0.25, 0.3) is 0 Å². The maximum atomic E-state index is 12.0. The van der Waals surface area contributed by atoms with Crippen molar-refractivity contribution in [3.05, 3.63) is 0 Å². The molecule has 1 aliphatic rings. The van der Waals surface area contributed by atoms with Crippen LogP contribution in [0, 0.1) is 5.92 Å². The third-order valence-electron chi connectivity index (χ3n) is 3.97. The summed E-state index contributed by atoms with van der Waals surface area (Å²) < 4.78 is 0. The Labute approximate surface area is 126 Å². The Morgan fingerprint density at radius 2 is 1.71 bits per heavy atom. The molecule has 5 heteroatoms. The quantitative estimate of drug-likeness (QED) is 0.449. The summed E-state index contributed by atoms with van der Waals surface area (Å²) in [5.41, 5.74) is 0. The highest BCUT2D eigenvalue weighted by atomic mass is 16.3. The van der Waals surface area contributed by atoms with Crippen molar-refractivity contribution in [2.24, 2.45) is 5.92 Å². The van der Waals surface area contributed by atoms with Crippen LogP contribution in [0.1, 0.15) is 64.7 Å². The fraction of sp³-hybridized carbons (Fsp3) is 0.812. The first kappa shape index (κ1) is 17.8. The molecule has 21 heavy (non-hydrogen) atoms. The summed E-state index contributed by atoms with van der Waals surface area (Å²) in [4.78, 5) is 35.6. The molecule has 0 aromatic carbocycles. The number of ketones is 2. The van der Waals surface area contributed by atoms with Crippen molar-refractivity contribution in [2.75, 3.05) is 6.61 Å². The molecule has 0 radical (unpaired) electrons. The number of hydrogen-bond acceptors (Lipinski definition) is 4. The van der Waals surface area contributed by atoms with E-state index >= 15 is 0 Å². The Hall–Kier alpha value is -1.23. The van der Waals surface area contributed by atoms with Gasteiger partial charge < -0.3 is 10.4 Å². The Bertz CT molecular complexity index is 367. The van der Waals surface area contributed by atoms with Crippen molar-refractivity contribution in [1.29, 1.82) is 0 Å². The topological polar surface area (TPSA) is 83.5 Å². The Morgan fingerprint density at radius 1 is 1.10 bits per heavy atom. The molecule has 0 spiro atoms. The van der Waals surface area contributed by atoms with E-state index in [9.17, 15) is 14.4 Å². The minimum atomic E-state index is -1.14. The average Bonchev–Trinajstić information content (AvgIpc) is 2.73. The second-order valence-corrected chi connectivity index (χ2v) is 5.75. The van der Waals surface area contributed by atoms with Gasteiger partial charge in [0.1, 0.15) is 0 Å². The number of hydrogen-bond donors (Lipinski definition) is 2. The van der Waals surface area contributed by atoms with Crippen LogP contribution < -0.4 is 5.32 Å². The van der Waals surface area contributed by atoms with Gasteiger partial charge in [0.25, 0.3) is 0 Å². The number of unbranched alkanes of at least 4 members (excludes halogenated alkanes) is 6. The van der Waals surface area contributed by atoms with Gasteiger partial charge in [-0.25, -0.2) is 0 Å². The molecule has 5 nitrogen and oxygen atoms in total. The number of carbonyl (C=O) groups is 3. The summed E-state index contributed by atoms with van der Waals surface area (Å²) in [6, 6.07) is -0.689. The molecule has 0 aromatic heterocycles. The van der Waals surface area contributed by atoms with Gasteiger partial charge >= 0.3 is 0 Å². The zero-order valence-corrected chi connectivity index (χ0v) is 12.9. The van der Waals surface area contributed by atoms with Crippen LogP contribution in [0.3, 0.4) is 0 Å². The molecule has 2 unspecified atom stereocenters. The molecular weight excluding hydrogens is 270 g/mol. The third-order valence-corrected chi connectivity index (χ3v) is 3.97. The minimum Gasteiger partial charge on any atom is -0.396 e. The molecular formula is C16H27NO4. The monoisotopic (exact) mass is 297 g/mol. The number of nitrogens with one attached hydrogen (secondary N) is 1. The zero-order chi connectivity index (χ0) is 15.7. The van der Waals surface area contributed by atoms with E-state index in [4.69, 9.17) is 5.11 Å². The van der Waals surface area contributed by atoms with Gasteiger partial charge in [-0.05, 0) is 12.8 Å². The second kappa shape index (κ2) is 9.66. The largest absolute Gasteiger partial charge is 0.396 e. The lowest BCUT2D eigenvalue weighted by atomic mass is 9.93. The summed E-state index contributed by atoms with van der Waals surface area (Å²) in [7, 11) is 0. The van der Waals surface area contributed by atoms with E-state index in [0.29, 0.717) is 6.42 Å². The molecule has 0 bridgehead atoms. The van der Waals surface area contributed by atoms with E-state index in [2.05, 4.69) is 12.2 Å². The van der Waals surface area contributed by atoms with E-state index in [1.165, 1.54) is 25.7 Å². The molecule has 0 aliphatic carbocycles. The normalized spacial score (nSPS) is 21.6. The summed E-state index contributed by atoms with van der Waals surface area (Å²) in [6.45, 7) is 2.00. The molecule has 2 atom stereocenters.